The SMILES string of the molecule is Cn1cc(NC(=O)CCNC(=O)c2cc(NC(=O)[C@@H]3C[C@@H](NC(=O)c4cc(NC(=O)[C@H](N)CCNC(=O)c5cc(NC(=O)[C@H]6C[C@H](NC(=O)CCNC(=O)c7cc(NC(=O)c8nccn8C)cn7C)CN6)cn5C)cn4C)CN3)cn2C)cc1C(N)=O. The van der Waals surface area contributed by atoms with Gasteiger partial charge in [-0.15, -0.1) is 0 Å². The molecule has 11 amide bonds. The van der Waals surface area contributed by atoms with Crippen LogP contribution in [-0.2, 0) is 66.3 Å². The van der Waals surface area contributed by atoms with Crippen LogP contribution in [0, 0.1) is 0 Å². The van der Waals surface area contributed by atoms with Crippen LogP contribution in [0.3, 0.4) is 0 Å². The first-order chi connectivity index (χ1) is 41.4. The minimum atomic E-state index is -1.05. The number of rotatable bonds is 25. The molecule has 5 atom stereocenters. The molecular weight excluding hydrogens is 1130 g/mol. The average Bonchev–Trinajstić information content (AvgIpc) is 4.09. The van der Waals surface area contributed by atoms with Gasteiger partial charge in [0.15, 0.2) is 5.82 Å². The summed E-state index contributed by atoms with van der Waals surface area (Å²) >= 11 is 0. The van der Waals surface area contributed by atoms with Crippen molar-refractivity contribution in [3.05, 3.63) is 108 Å². The zero-order chi connectivity index (χ0) is 62.8. The number of hydrogen-bond acceptors (Lipinski definition) is 15. The summed E-state index contributed by atoms with van der Waals surface area (Å²) in [5, 5.41) is 33.8. The van der Waals surface area contributed by atoms with Crippen LogP contribution in [0.15, 0.2) is 73.7 Å². The second-order valence-corrected chi connectivity index (χ2v) is 21.3. The zero-order valence-electron chi connectivity index (χ0n) is 48.7. The number of aromatic nitrogens is 7. The molecule has 6 aromatic heterocycles. The number of primary amides is 1. The van der Waals surface area contributed by atoms with E-state index >= 15 is 0 Å². The molecule has 2 saturated heterocycles. The van der Waals surface area contributed by atoms with Gasteiger partial charge in [-0.25, -0.2) is 4.98 Å². The zero-order valence-corrected chi connectivity index (χ0v) is 48.7. The molecule has 32 nitrogen and oxygen atoms in total. The molecule has 0 bridgehead atoms. The number of nitrogens with one attached hydrogen (secondary N) is 12. The Labute approximate surface area is 497 Å². The molecule has 0 radical (unpaired) electrons. The second kappa shape index (κ2) is 27.6. The van der Waals surface area contributed by atoms with Crippen molar-refractivity contribution < 1.29 is 52.7 Å². The molecule has 0 aromatic carbocycles. The highest BCUT2D eigenvalue weighted by Crippen LogP contribution is 2.20. The van der Waals surface area contributed by atoms with Gasteiger partial charge in [0, 0.05) is 143 Å². The van der Waals surface area contributed by atoms with Crippen LogP contribution in [0.2, 0.25) is 0 Å². The molecule has 8 rings (SSSR count). The molecule has 16 N–H and O–H groups in total. The molecule has 2 fully saturated rings. The third-order valence-corrected chi connectivity index (χ3v) is 14.5. The smallest absolute Gasteiger partial charge is 0.291 e. The highest BCUT2D eigenvalue weighted by atomic mass is 16.2. The largest absolute Gasteiger partial charge is 0.364 e. The van der Waals surface area contributed by atoms with Crippen LogP contribution in [-0.4, -0.2) is 160 Å². The highest BCUT2D eigenvalue weighted by Gasteiger charge is 2.33. The molecule has 87 heavy (non-hydrogen) atoms. The standard InChI is InChI=1S/C55H71N21O11/c1-71-14-13-58-47(71)55(87)70-35-20-42(75(5)28-35)53(85)60-11-8-44(77)64-29-15-37(62-22-29)49(81)68-33-18-40(73(3)26-33)51(83)59-10-7-36(56)48(80)67-32-21-43(76(6)25-32)54(86)66-30-16-38(63-23-30)50(82)69-34-19-41(74(4)27-34)52(84)61-12-9-45(78)65-31-17-39(46(57)79)72(2)24-31/h13-14,17-21,24-30,36-38,62-63H,7-12,15-16,22-23,56H2,1-6H3,(H2,57,79)(H,59,83)(H,60,85)(H,61,84)(H,64,77)(H,65,78)(H,66,86)(H,67,80)(H,68,81)(H,69,82)(H,70,87)/t29-,30+,36+,37+,38-/m0/s1. The molecule has 0 unspecified atom stereocenters. The Balaban J connectivity index is 0.693. The number of anilines is 5. The van der Waals surface area contributed by atoms with Crippen LogP contribution >= 0.6 is 0 Å². The topological polar surface area (TPSA) is 427 Å². The van der Waals surface area contributed by atoms with Gasteiger partial charge in [0.1, 0.15) is 28.5 Å². The number of nitrogens with zero attached hydrogens (tertiary/aromatic N) is 7. The van der Waals surface area contributed by atoms with E-state index in [1.807, 2.05) is 0 Å². The Bertz CT molecular complexity index is 3640. The second-order valence-electron chi connectivity index (χ2n) is 21.3. The Morgan fingerprint density at radius 2 is 0.920 bits per heavy atom. The molecule has 32 heteroatoms. The van der Waals surface area contributed by atoms with Crippen molar-refractivity contribution in [2.75, 3.05) is 59.3 Å². The third-order valence-electron chi connectivity index (χ3n) is 14.5. The monoisotopic (exact) mass is 1200 g/mol. The minimum absolute atomic E-state index is 0.0126. The number of carbonyl (C=O) groups excluding carboxylic acids is 11. The summed E-state index contributed by atoms with van der Waals surface area (Å²) < 4.78 is 9.19. The third kappa shape index (κ3) is 16.1. The lowest BCUT2D eigenvalue weighted by Gasteiger charge is -2.13. The number of hydrogen-bond donors (Lipinski definition) is 14. The molecule has 0 aliphatic carbocycles. The molecule has 6 aromatic rings. The highest BCUT2D eigenvalue weighted by molar-refractivity contribution is 6.04. The molecule has 8 heterocycles. The number of imidazole rings is 1. The maximum atomic E-state index is 13.4. The van der Waals surface area contributed by atoms with E-state index < -0.39 is 71.4 Å². The first kappa shape index (κ1) is 62.7. The fourth-order valence-corrected chi connectivity index (χ4v) is 9.97. The summed E-state index contributed by atoms with van der Waals surface area (Å²) in [6.45, 7) is 0.688. The number of nitrogens with two attached hydrogens (primary N) is 2. The Kier molecular flexibility index (Phi) is 19.9. The predicted molar refractivity (Wildman–Crippen MR) is 316 cm³/mol. The number of amides is 11. The summed E-state index contributed by atoms with van der Waals surface area (Å²) in [5.74, 6) is -4.76. The number of carbonyl (C=O) groups is 11. The van der Waals surface area contributed by atoms with Crippen LogP contribution in [0.4, 0.5) is 28.4 Å². The molecule has 0 spiro atoms. The Hall–Kier alpha value is -10.3. The van der Waals surface area contributed by atoms with Crippen molar-refractivity contribution in [1.82, 2.24) is 69.6 Å². The lowest BCUT2D eigenvalue weighted by Crippen LogP contribution is -2.39. The van der Waals surface area contributed by atoms with E-state index in [0.29, 0.717) is 41.4 Å². The summed E-state index contributed by atoms with van der Waals surface area (Å²) in [6, 6.07) is 4.28. The maximum absolute atomic E-state index is 13.4. The van der Waals surface area contributed by atoms with E-state index in [4.69, 9.17) is 11.5 Å². The quantitative estimate of drug-likeness (QED) is 0.0295. The van der Waals surface area contributed by atoms with Crippen LogP contribution in [0.25, 0.3) is 0 Å². The van der Waals surface area contributed by atoms with E-state index in [9.17, 15) is 52.7 Å². The van der Waals surface area contributed by atoms with Gasteiger partial charge in [-0.05, 0) is 49.6 Å². The van der Waals surface area contributed by atoms with Crippen LogP contribution in [0.1, 0.15) is 95.2 Å². The van der Waals surface area contributed by atoms with Gasteiger partial charge in [0.05, 0.1) is 46.6 Å². The average molecular weight is 1200 g/mol. The lowest BCUT2D eigenvalue weighted by molar-refractivity contribution is -0.122. The van der Waals surface area contributed by atoms with E-state index in [0.717, 1.165) is 0 Å². The van der Waals surface area contributed by atoms with Gasteiger partial charge in [-0.2, -0.15) is 0 Å². The Morgan fingerprint density at radius 3 is 1.39 bits per heavy atom. The van der Waals surface area contributed by atoms with Gasteiger partial charge < -0.3 is 103 Å². The molecular formula is C55H71N21O11. The predicted octanol–water partition coefficient (Wildman–Crippen LogP) is -1.99. The van der Waals surface area contributed by atoms with Gasteiger partial charge in [-0.1, -0.05) is 0 Å². The Morgan fingerprint density at radius 1 is 0.506 bits per heavy atom. The van der Waals surface area contributed by atoms with E-state index in [-0.39, 0.29) is 110 Å². The van der Waals surface area contributed by atoms with Crippen molar-refractivity contribution in [3.63, 3.8) is 0 Å². The van der Waals surface area contributed by atoms with Crippen molar-refractivity contribution in [1.29, 1.82) is 0 Å². The molecule has 2 aliphatic rings. The maximum Gasteiger partial charge on any atom is 0.291 e. The van der Waals surface area contributed by atoms with Gasteiger partial charge in [0.25, 0.3) is 35.4 Å². The summed E-state index contributed by atoms with van der Waals surface area (Å²) in [7, 11) is 9.84. The molecule has 462 valence electrons. The van der Waals surface area contributed by atoms with Gasteiger partial charge >= 0.3 is 0 Å². The summed E-state index contributed by atoms with van der Waals surface area (Å²) in [5.41, 5.74) is 14.5. The van der Waals surface area contributed by atoms with Crippen molar-refractivity contribution in [2.45, 2.75) is 62.3 Å². The van der Waals surface area contributed by atoms with E-state index in [1.54, 1.807) is 88.6 Å². The lowest BCUT2D eigenvalue weighted by atomic mass is 10.1. The fourth-order valence-electron chi connectivity index (χ4n) is 9.97. The van der Waals surface area contributed by atoms with Crippen LogP contribution < -0.4 is 75.3 Å². The van der Waals surface area contributed by atoms with E-state index in [1.165, 1.54) is 54.8 Å². The van der Waals surface area contributed by atoms with Gasteiger partial charge in [-0.3, -0.25) is 52.7 Å². The number of aryl methyl sites for hydroxylation is 6. The minimum Gasteiger partial charge on any atom is -0.364 e. The van der Waals surface area contributed by atoms with Crippen molar-refractivity contribution in [2.24, 2.45) is 53.8 Å². The molecule has 2 aliphatic heterocycles. The van der Waals surface area contributed by atoms with Gasteiger partial charge in [0.2, 0.25) is 29.5 Å². The van der Waals surface area contributed by atoms with Crippen LogP contribution in [0.5, 0.6) is 0 Å². The fraction of sp³-hybridized carbons (Fsp3) is 0.382. The van der Waals surface area contributed by atoms with E-state index in [2.05, 4.69) is 68.8 Å². The molecule has 0 saturated carbocycles. The first-order valence-electron chi connectivity index (χ1n) is 27.7. The first-order valence-corrected chi connectivity index (χ1v) is 27.7. The normalized spacial score (nSPS) is 16.5. The van der Waals surface area contributed by atoms with Crippen molar-refractivity contribution in [3.8, 4) is 0 Å². The summed E-state index contributed by atoms with van der Waals surface area (Å²) in [6.07, 6.45) is 11.5. The summed E-state index contributed by atoms with van der Waals surface area (Å²) in [4.78, 5) is 145. The van der Waals surface area contributed by atoms with Crippen molar-refractivity contribution >= 4 is 93.4 Å².